The number of nitrogens with one attached hydrogen (secondary N) is 1. The van der Waals surface area contributed by atoms with Crippen molar-refractivity contribution in [2.24, 2.45) is 0 Å². The van der Waals surface area contributed by atoms with Gasteiger partial charge < -0.3 is 10.1 Å². The molecule has 0 aliphatic heterocycles. The first-order valence-electron chi connectivity index (χ1n) is 7.05. The minimum Gasteiger partial charge on any atom is -0.492 e. The second kappa shape index (κ2) is 7.66. The molecule has 2 aromatic rings. The summed E-state index contributed by atoms with van der Waals surface area (Å²) in [4.78, 5) is 12.2. The predicted molar refractivity (Wildman–Crippen MR) is 90.8 cm³/mol. The molecule has 22 heavy (non-hydrogen) atoms. The summed E-state index contributed by atoms with van der Waals surface area (Å²) in [5.74, 6) is 0.730. The van der Waals surface area contributed by atoms with Gasteiger partial charge in [-0.2, -0.15) is 0 Å². The van der Waals surface area contributed by atoms with E-state index in [1.165, 1.54) is 0 Å². The lowest BCUT2D eigenvalue weighted by Crippen LogP contribution is -2.07. The van der Waals surface area contributed by atoms with Gasteiger partial charge in [-0.3, -0.25) is 4.79 Å². The van der Waals surface area contributed by atoms with Crippen molar-refractivity contribution in [1.82, 2.24) is 0 Å². The highest BCUT2D eigenvalue weighted by atomic mass is 35.5. The highest BCUT2D eigenvalue weighted by molar-refractivity contribution is 6.30. The second-order valence-corrected chi connectivity index (χ2v) is 5.20. The molecule has 0 aromatic heterocycles. The monoisotopic (exact) mass is 315 g/mol. The van der Waals surface area contributed by atoms with E-state index in [1.807, 2.05) is 31.2 Å². The summed E-state index contributed by atoms with van der Waals surface area (Å²) < 4.78 is 5.54. The van der Waals surface area contributed by atoms with Crippen molar-refractivity contribution in [2.75, 3.05) is 11.9 Å². The van der Waals surface area contributed by atoms with Crippen LogP contribution in [0.15, 0.2) is 60.8 Å². The average Bonchev–Trinajstić information content (AvgIpc) is 2.50. The largest absolute Gasteiger partial charge is 0.492 e. The summed E-state index contributed by atoms with van der Waals surface area (Å²) in [5, 5.41) is 3.75. The van der Waals surface area contributed by atoms with E-state index in [-0.39, 0.29) is 12.2 Å². The van der Waals surface area contributed by atoms with E-state index in [4.69, 9.17) is 16.3 Å². The minimum absolute atomic E-state index is 0.0111. The molecule has 0 aliphatic rings. The van der Waals surface area contributed by atoms with Gasteiger partial charge in [0.15, 0.2) is 5.78 Å². The molecule has 0 spiro atoms. The van der Waals surface area contributed by atoms with Gasteiger partial charge in [0.2, 0.25) is 0 Å². The van der Waals surface area contributed by atoms with E-state index >= 15 is 0 Å². The van der Waals surface area contributed by atoms with Crippen LogP contribution >= 0.6 is 11.6 Å². The molecule has 0 fully saturated rings. The molecule has 1 N–H and O–H groups in total. The number of hydrogen-bond donors (Lipinski definition) is 1. The first-order chi connectivity index (χ1) is 10.6. The zero-order valence-electron chi connectivity index (χ0n) is 12.4. The van der Waals surface area contributed by atoms with Gasteiger partial charge in [-0.1, -0.05) is 30.3 Å². The van der Waals surface area contributed by atoms with Crippen molar-refractivity contribution in [3.8, 4) is 5.75 Å². The van der Waals surface area contributed by atoms with Crippen LogP contribution in [-0.4, -0.2) is 12.4 Å². The molecule has 0 bridgehead atoms. The third kappa shape index (κ3) is 4.37. The number of carbonyl (C=O) groups excluding carboxylic acids is 1. The Labute approximate surface area is 135 Å². The van der Waals surface area contributed by atoms with Gasteiger partial charge in [-0.05, 0) is 43.3 Å². The quantitative estimate of drug-likeness (QED) is 0.736. The minimum atomic E-state index is -0.0111. The molecule has 0 heterocycles. The van der Waals surface area contributed by atoms with Crippen LogP contribution in [0.2, 0.25) is 5.02 Å². The number of carbonyl (C=O) groups is 1. The number of Topliss-reactive ketones (excluding diaryl/α,β-unsaturated/α-hetero) is 1. The molecule has 2 aromatic carbocycles. The highest BCUT2D eigenvalue weighted by Gasteiger charge is 2.09. The SMILES string of the molecule is C=C(CC(=O)c1ccc(Cl)cc1)Nc1ccccc1OCC. The number of rotatable bonds is 7. The lowest BCUT2D eigenvalue weighted by molar-refractivity contribution is 0.0993. The maximum absolute atomic E-state index is 12.2. The Kier molecular flexibility index (Phi) is 5.61. The molecule has 114 valence electrons. The van der Waals surface area contributed by atoms with Crippen molar-refractivity contribution >= 4 is 23.1 Å². The van der Waals surface area contributed by atoms with Gasteiger partial charge in [0, 0.05) is 16.3 Å². The van der Waals surface area contributed by atoms with Gasteiger partial charge in [-0.15, -0.1) is 0 Å². The fraction of sp³-hybridized carbons (Fsp3) is 0.167. The smallest absolute Gasteiger partial charge is 0.168 e. The maximum atomic E-state index is 12.2. The van der Waals surface area contributed by atoms with Crippen LogP contribution < -0.4 is 10.1 Å². The Balaban J connectivity index is 2.01. The number of ether oxygens (including phenoxy) is 1. The maximum Gasteiger partial charge on any atom is 0.168 e. The van der Waals surface area contributed by atoms with Gasteiger partial charge in [0.25, 0.3) is 0 Å². The van der Waals surface area contributed by atoms with Crippen molar-refractivity contribution in [2.45, 2.75) is 13.3 Å². The summed E-state index contributed by atoms with van der Waals surface area (Å²) in [6, 6.07) is 14.4. The van der Waals surface area contributed by atoms with Crippen LogP contribution in [0.25, 0.3) is 0 Å². The molecule has 2 rings (SSSR count). The fourth-order valence-corrected chi connectivity index (χ4v) is 2.14. The van der Waals surface area contributed by atoms with Gasteiger partial charge >= 0.3 is 0 Å². The van der Waals surface area contributed by atoms with E-state index in [9.17, 15) is 4.79 Å². The third-order valence-corrected chi connectivity index (χ3v) is 3.29. The Morgan fingerprint density at radius 2 is 1.86 bits per heavy atom. The highest BCUT2D eigenvalue weighted by Crippen LogP contribution is 2.25. The zero-order valence-corrected chi connectivity index (χ0v) is 13.2. The van der Waals surface area contributed by atoms with E-state index in [0.29, 0.717) is 22.9 Å². The lowest BCUT2D eigenvalue weighted by atomic mass is 10.1. The fourth-order valence-electron chi connectivity index (χ4n) is 2.02. The number of anilines is 1. The molecular weight excluding hydrogens is 298 g/mol. The first-order valence-corrected chi connectivity index (χ1v) is 7.43. The normalized spacial score (nSPS) is 10.1. The van der Waals surface area contributed by atoms with E-state index in [0.717, 1.165) is 11.4 Å². The number of benzene rings is 2. The Bertz CT molecular complexity index is 665. The average molecular weight is 316 g/mol. The molecule has 0 atom stereocenters. The van der Waals surface area contributed by atoms with Crippen LogP contribution in [0.4, 0.5) is 5.69 Å². The lowest BCUT2D eigenvalue weighted by Gasteiger charge is -2.13. The predicted octanol–water partition coefficient (Wildman–Crippen LogP) is 4.94. The summed E-state index contributed by atoms with van der Waals surface area (Å²) in [6.07, 6.45) is 0.210. The van der Waals surface area contributed by atoms with Crippen molar-refractivity contribution in [3.05, 3.63) is 71.4 Å². The number of hydrogen-bond acceptors (Lipinski definition) is 3. The topological polar surface area (TPSA) is 38.3 Å². The standard InChI is InChI=1S/C18H18ClNO2/c1-3-22-18-7-5-4-6-16(18)20-13(2)12-17(21)14-8-10-15(19)11-9-14/h4-11,20H,2-3,12H2,1H3. The number of allylic oxidation sites excluding steroid dienone is 1. The van der Waals surface area contributed by atoms with Crippen LogP contribution in [0.5, 0.6) is 5.75 Å². The molecule has 0 unspecified atom stereocenters. The Morgan fingerprint density at radius 3 is 2.55 bits per heavy atom. The van der Waals surface area contributed by atoms with Gasteiger partial charge in [-0.25, -0.2) is 0 Å². The number of ketones is 1. The van der Waals surface area contributed by atoms with Gasteiger partial charge in [0.1, 0.15) is 5.75 Å². The number of halogens is 1. The molecule has 4 heteroatoms. The van der Waals surface area contributed by atoms with E-state index in [1.54, 1.807) is 24.3 Å². The van der Waals surface area contributed by atoms with Crippen molar-refractivity contribution < 1.29 is 9.53 Å². The van der Waals surface area contributed by atoms with Crippen molar-refractivity contribution in [3.63, 3.8) is 0 Å². The van der Waals surface area contributed by atoms with Crippen LogP contribution in [-0.2, 0) is 0 Å². The molecule has 0 saturated heterocycles. The van der Waals surface area contributed by atoms with Crippen molar-refractivity contribution in [1.29, 1.82) is 0 Å². The van der Waals surface area contributed by atoms with Gasteiger partial charge in [0.05, 0.1) is 18.7 Å². The zero-order chi connectivity index (χ0) is 15.9. The molecule has 0 amide bonds. The molecule has 3 nitrogen and oxygen atoms in total. The summed E-state index contributed by atoms with van der Waals surface area (Å²) in [5.41, 5.74) is 2.04. The molecule has 0 saturated carbocycles. The van der Waals surface area contributed by atoms with E-state index < -0.39 is 0 Å². The molecular formula is C18H18ClNO2. The van der Waals surface area contributed by atoms with Crippen LogP contribution in [0, 0.1) is 0 Å². The summed E-state index contributed by atoms with van der Waals surface area (Å²) in [7, 11) is 0. The first kappa shape index (κ1) is 16.1. The molecule has 0 radical (unpaired) electrons. The third-order valence-electron chi connectivity index (χ3n) is 3.04. The van der Waals surface area contributed by atoms with Crippen LogP contribution in [0.3, 0.4) is 0 Å². The Morgan fingerprint density at radius 1 is 1.18 bits per heavy atom. The second-order valence-electron chi connectivity index (χ2n) is 4.76. The van der Waals surface area contributed by atoms with E-state index in [2.05, 4.69) is 11.9 Å². The summed E-state index contributed by atoms with van der Waals surface area (Å²) in [6.45, 7) is 6.43. The van der Waals surface area contributed by atoms with Crippen LogP contribution in [0.1, 0.15) is 23.7 Å². The number of para-hydroxylation sites is 2. The molecule has 0 aliphatic carbocycles. The summed E-state index contributed by atoms with van der Waals surface area (Å²) >= 11 is 5.82. The Hall–Kier alpha value is -2.26.